The van der Waals surface area contributed by atoms with Crippen LogP contribution in [0.3, 0.4) is 0 Å². The standard InChI is InChI=1S/C20H23F2N3O3S/c1-3-25(14(2)26)19-13-17(24-8-6-23-7-9-24)4-5-20(19)29(27,28)18-11-15(21)10-16(22)12-18/h4-5,10-13,23H,3,6-9H2,1-2H3. The van der Waals surface area contributed by atoms with Crippen LogP contribution in [0.5, 0.6) is 0 Å². The summed E-state index contributed by atoms with van der Waals surface area (Å²) in [5.74, 6) is -2.30. The molecule has 0 saturated carbocycles. The van der Waals surface area contributed by atoms with Crippen LogP contribution in [0.25, 0.3) is 0 Å². The third kappa shape index (κ3) is 4.40. The SMILES string of the molecule is CCN(C(C)=O)c1cc(N2CCNCC2)ccc1S(=O)(=O)c1cc(F)cc(F)c1. The van der Waals surface area contributed by atoms with Crippen LogP contribution in [0.2, 0.25) is 0 Å². The lowest BCUT2D eigenvalue weighted by Gasteiger charge is -2.31. The fraction of sp³-hybridized carbons (Fsp3) is 0.350. The largest absolute Gasteiger partial charge is 0.369 e. The molecule has 1 heterocycles. The van der Waals surface area contributed by atoms with E-state index in [-0.39, 0.29) is 23.0 Å². The third-order valence-electron chi connectivity index (χ3n) is 4.85. The van der Waals surface area contributed by atoms with Crippen LogP contribution < -0.4 is 15.1 Å². The van der Waals surface area contributed by atoms with Gasteiger partial charge in [-0.2, -0.15) is 0 Å². The number of anilines is 2. The quantitative estimate of drug-likeness (QED) is 0.801. The van der Waals surface area contributed by atoms with Gasteiger partial charge < -0.3 is 15.1 Å². The summed E-state index contributed by atoms with van der Waals surface area (Å²) in [6.07, 6.45) is 0. The molecule has 2 aromatic rings. The predicted molar refractivity (Wildman–Crippen MR) is 107 cm³/mol. The average molecular weight is 423 g/mol. The van der Waals surface area contributed by atoms with E-state index in [4.69, 9.17) is 0 Å². The fourth-order valence-electron chi connectivity index (χ4n) is 3.44. The normalized spacial score (nSPS) is 14.7. The molecule has 1 aliphatic rings. The zero-order valence-electron chi connectivity index (χ0n) is 16.3. The Morgan fingerprint density at radius 3 is 2.28 bits per heavy atom. The highest BCUT2D eigenvalue weighted by Gasteiger charge is 2.27. The number of carbonyl (C=O) groups excluding carboxylic acids is 1. The van der Waals surface area contributed by atoms with Crippen molar-refractivity contribution < 1.29 is 22.0 Å². The summed E-state index contributed by atoms with van der Waals surface area (Å²) < 4.78 is 53.7. The molecule has 0 unspecified atom stereocenters. The molecule has 1 fully saturated rings. The monoisotopic (exact) mass is 423 g/mol. The molecule has 0 radical (unpaired) electrons. The highest BCUT2D eigenvalue weighted by Crippen LogP contribution is 2.34. The van der Waals surface area contributed by atoms with E-state index in [1.807, 2.05) is 0 Å². The highest BCUT2D eigenvalue weighted by atomic mass is 32.2. The molecule has 0 aliphatic carbocycles. The molecule has 1 aliphatic heterocycles. The van der Waals surface area contributed by atoms with E-state index in [0.717, 1.165) is 44.0 Å². The van der Waals surface area contributed by atoms with E-state index >= 15 is 0 Å². The number of benzene rings is 2. The summed E-state index contributed by atoms with van der Waals surface area (Å²) in [6, 6.07) is 6.87. The number of hydrogen-bond donors (Lipinski definition) is 1. The maximum absolute atomic E-state index is 13.7. The maximum Gasteiger partial charge on any atom is 0.223 e. The van der Waals surface area contributed by atoms with Gasteiger partial charge >= 0.3 is 0 Å². The summed E-state index contributed by atoms with van der Waals surface area (Å²) in [4.78, 5) is 14.9. The van der Waals surface area contributed by atoms with Gasteiger partial charge in [-0.15, -0.1) is 0 Å². The highest BCUT2D eigenvalue weighted by molar-refractivity contribution is 7.91. The van der Waals surface area contributed by atoms with Gasteiger partial charge in [-0.1, -0.05) is 0 Å². The van der Waals surface area contributed by atoms with Crippen molar-refractivity contribution in [3.63, 3.8) is 0 Å². The number of hydrogen-bond acceptors (Lipinski definition) is 5. The molecular formula is C20H23F2N3O3S. The predicted octanol–water partition coefficient (Wildman–Crippen LogP) is 2.58. The Balaban J connectivity index is 2.17. The van der Waals surface area contributed by atoms with Crippen LogP contribution in [0.4, 0.5) is 20.2 Å². The fourth-order valence-corrected chi connectivity index (χ4v) is 4.92. The first-order chi connectivity index (χ1) is 13.7. The second-order valence-corrected chi connectivity index (χ2v) is 8.68. The molecule has 29 heavy (non-hydrogen) atoms. The van der Waals surface area contributed by atoms with Crippen LogP contribution in [-0.2, 0) is 14.6 Å². The van der Waals surface area contributed by atoms with E-state index in [1.165, 1.54) is 17.9 Å². The topological polar surface area (TPSA) is 69.7 Å². The van der Waals surface area contributed by atoms with Crippen molar-refractivity contribution in [2.45, 2.75) is 23.6 Å². The van der Waals surface area contributed by atoms with E-state index < -0.39 is 26.4 Å². The minimum absolute atomic E-state index is 0.168. The molecule has 1 saturated heterocycles. The number of nitrogens with one attached hydrogen (secondary N) is 1. The van der Waals surface area contributed by atoms with Gasteiger partial charge in [-0.25, -0.2) is 17.2 Å². The van der Waals surface area contributed by atoms with Gasteiger partial charge in [-0.3, -0.25) is 4.79 Å². The molecule has 6 nitrogen and oxygen atoms in total. The number of amides is 1. The summed E-state index contributed by atoms with van der Waals surface area (Å²) in [5, 5.41) is 3.25. The Morgan fingerprint density at radius 2 is 1.72 bits per heavy atom. The zero-order valence-corrected chi connectivity index (χ0v) is 17.1. The van der Waals surface area contributed by atoms with Crippen LogP contribution in [-0.4, -0.2) is 47.0 Å². The van der Waals surface area contributed by atoms with Gasteiger partial charge in [0.05, 0.1) is 15.5 Å². The van der Waals surface area contributed by atoms with E-state index in [1.54, 1.807) is 19.1 Å². The summed E-state index contributed by atoms with van der Waals surface area (Å²) in [6.45, 7) is 6.40. The van der Waals surface area contributed by atoms with Gasteiger partial charge in [0.2, 0.25) is 15.7 Å². The number of halogens is 2. The molecule has 156 valence electrons. The maximum atomic E-state index is 13.7. The van der Waals surface area contributed by atoms with Crippen molar-refractivity contribution in [2.24, 2.45) is 0 Å². The van der Waals surface area contributed by atoms with E-state index in [2.05, 4.69) is 10.2 Å². The van der Waals surface area contributed by atoms with Crippen LogP contribution in [0.15, 0.2) is 46.2 Å². The lowest BCUT2D eigenvalue weighted by molar-refractivity contribution is -0.116. The zero-order chi connectivity index (χ0) is 21.2. The van der Waals surface area contributed by atoms with E-state index in [9.17, 15) is 22.0 Å². The molecular weight excluding hydrogens is 400 g/mol. The summed E-state index contributed by atoms with van der Waals surface area (Å²) in [5.41, 5.74) is 0.978. The molecule has 1 amide bonds. The molecule has 2 aromatic carbocycles. The smallest absolute Gasteiger partial charge is 0.223 e. The van der Waals surface area contributed by atoms with Crippen molar-refractivity contribution in [3.8, 4) is 0 Å². The molecule has 0 bridgehead atoms. The minimum atomic E-state index is -4.26. The van der Waals surface area contributed by atoms with Crippen LogP contribution >= 0.6 is 0 Å². The number of nitrogens with zero attached hydrogens (tertiary/aromatic N) is 2. The summed E-state index contributed by atoms with van der Waals surface area (Å²) in [7, 11) is -4.26. The van der Waals surface area contributed by atoms with Crippen LogP contribution in [0, 0.1) is 11.6 Å². The van der Waals surface area contributed by atoms with Gasteiger partial charge in [0, 0.05) is 51.4 Å². The Labute approximate surface area is 169 Å². The second kappa shape index (κ2) is 8.46. The van der Waals surface area contributed by atoms with Crippen molar-refractivity contribution in [2.75, 3.05) is 42.5 Å². The van der Waals surface area contributed by atoms with Gasteiger partial charge in [0.25, 0.3) is 0 Å². The number of rotatable bonds is 5. The average Bonchev–Trinajstić information content (AvgIpc) is 2.68. The summed E-state index contributed by atoms with van der Waals surface area (Å²) >= 11 is 0. The van der Waals surface area contributed by atoms with E-state index in [0.29, 0.717) is 6.07 Å². The Morgan fingerprint density at radius 1 is 1.10 bits per heavy atom. The van der Waals surface area contributed by atoms with Gasteiger partial charge in [-0.05, 0) is 37.3 Å². The lowest BCUT2D eigenvalue weighted by Crippen LogP contribution is -2.43. The Kier molecular flexibility index (Phi) is 6.18. The second-order valence-electron chi connectivity index (χ2n) is 6.76. The van der Waals surface area contributed by atoms with Crippen molar-refractivity contribution >= 4 is 27.1 Å². The molecule has 3 rings (SSSR count). The van der Waals surface area contributed by atoms with Gasteiger partial charge in [0.15, 0.2) is 0 Å². The van der Waals surface area contributed by atoms with Crippen LogP contribution in [0.1, 0.15) is 13.8 Å². The first-order valence-electron chi connectivity index (χ1n) is 9.33. The molecule has 0 aromatic heterocycles. The number of piperazine rings is 1. The first kappa shape index (κ1) is 21.2. The molecule has 1 N–H and O–H groups in total. The van der Waals surface area contributed by atoms with Crippen molar-refractivity contribution in [1.29, 1.82) is 0 Å². The lowest BCUT2D eigenvalue weighted by atomic mass is 10.2. The van der Waals surface area contributed by atoms with Crippen molar-refractivity contribution in [1.82, 2.24) is 5.32 Å². The third-order valence-corrected chi connectivity index (χ3v) is 6.63. The Bertz CT molecular complexity index is 1000. The first-order valence-corrected chi connectivity index (χ1v) is 10.8. The molecule has 0 atom stereocenters. The van der Waals surface area contributed by atoms with Gasteiger partial charge in [0.1, 0.15) is 11.6 Å². The number of carbonyl (C=O) groups is 1. The Hall–Kier alpha value is -2.52. The molecule has 0 spiro atoms. The minimum Gasteiger partial charge on any atom is -0.369 e. The molecule has 9 heteroatoms. The number of sulfone groups is 1. The van der Waals surface area contributed by atoms with Crippen molar-refractivity contribution in [3.05, 3.63) is 48.0 Å².